The van der Waals surface area contributed by atoms with Crippen molar-refractivity contribution < 1.29 is 11.0 Å². The van der Waals surface area contributed by atoms with Crippen molar-refractivity contribution in [1.82, 2.24) is 9.97 Å². The van der Waals surface area contributed by atoms with Crippen molar-refractivity contribution in [3.63, 3.8) is 0 Å². The van der Waals surface area contributed by atoms with Gasteiger partial charge in [-0.3, -0.25) is 4.79 Å². The van der Waals surface area contributed by atoms with E-state index in [9.17, 15) is 4.79 Å². The first-order chi connectivity index (χ1) is 15.0. The predicted molar refractivity (Wildman–Crippen MR) is 128 cm³/mol. The average molecular weight is 454 g/mol. The zero-order chi connectivity index (χ0) is 21.5. The highest BCUT2D eigenvalue weighted by Crippen LogP contribution is 2.42. The molecule has 1 atom stereocenters. The number of anilines is 1. The number of hydrogen-bond donors (Lipinski definition) is 1. The molecule has 5 nitrogen and oxygen atoms in total. The minimum absolute atomic E-state index is 0. The van der Waals surface area contributed by atoms with Gasteiger partial charge in [-0.25, -0.2) is 4.98 Å². The second kappa shape index (κ2) is 8.02. The second-order valence-electron chi connectivity index (χ2n) is 7.83. The van der Waals surface area contributed by atoms with Crippen molar-refractivity contribution in [1.29, 1.82) is 0 Å². The number of aromatic nitrogens is 2. The van der Waals surface area contributed by atoms with Crippen molar-refractivity contribution in [2.45, 2.75) is 25.8 Å². The van der Waals surface area contributed by atoms with Gasteiger partial charge < -0.3 is 14.6 Å². The number of ether oxygens (including phenoxy) is 1. The number of rotatable bonds is 5. The molecular weight excluding hydrogens is 430 g/mol. The van der Waals surface area contributed by atoms with Crippen LogP contribution in [0.2, 0.25) is 5.02 Å². The topological polar surface area (TPSA) is 58.2 Å². The highest BCUT2D eigenvalue weighted by atomic mass is 35.5. The molecule has 0 saturated carbocycles. The summed E-state index contributed by atoms with van der Waals surface area (Å²) in [5, 5.41) is 4.84. The van der Waals surface area contributed by atoms with E-state index in [-0.39, 0.29) is 13.3 Å². The first kappa shape index (κ1) is 20.1. The molecule has 1 unspecified atom stereocenters. The smallest absolute Gasteiger partial charge is 0.186 e. The molecular formula is C24H24ClN3O2S. The highest BCUT2D eigenvalue weighted by molar-refractivity contribution is 7.13. The van der Waals surface area contributed by atoms with Crippen LogP contribution in [0.25, 0.3) is 10.9 Å². The minimum atomic E-state index is -0.0165. The van der Waals surface area contributed by atoms with Crippen LogP contribution in [0.15, 0.2) is 47.8 Å². The fourth-order valence-corrected chi connectivity index (χ4v) is 5.42. The van der Waals surface area contributed by atoms with Crippen LogP contribution >= 0.6 is 22.9 Å². The van der Waals surface area contributed by atoms with E-state index in [1.54, 1.807) is 25.4 Å². The van der Waals surface area contributed by atoms with Gasteiger partial charge >= 0.3 is 0 Å². The summed E-state index contributed by atoms with van der Waals surface area (Å²) in [5.41, 5.74) is 5.54. The van der Waals surface area contributed by atoms with Gasteiger partial charge in [-0.1, -0.05) is 23.7 Å². The number of nitrogens with one attached hydrogen (secondary N) is 1. The van der Waals surface area contributed by atoms with Crippen LogP contribution in [0.4, 0.5) is 5.13 Å². The van der Waals surface area contributed by atoms with Crippen LogP contribution in [-0.2, 0) is 17.6 Å². The van der Waals surface area contributed by atoms with Crippen LogP contribution in [0.5, 0.6) is 5.75 Å². The van der Waals surface area contributed by atoms with Crippen LogP contribution in [0.1, 0.15) is 36.9 Å². The lowest BCUT2D eigenvalue weighted by atomic mass is 9.92. The molecule has 2 aromatic heterocycles. The standard InChI is InChI=1S/C24H22ClN3O2S.H2/c1-14(29)11-17-13-31-24(26-17)28-10-9-19-20-12-16(25)5-8-21(20)27-22(19)23(28)15-3-6-18(30-2)7-4-15;/h3-8,12-13,23,27H,9-11H2,1-2H3;1H. The quantitative estimate of drug-likeness (QED) is 0.414. The Bertz CT molecular complexity index is 1270. The lowest BCUT2D eigenvalue weighted by Crippen LogP contribution is -2.36. The third-order valence-electron chi connectivity index (χ3n) is 5.74. The number of benzene rings is 2. The first-order valence-electron chi connectivity index (χ1n) is 10.2. The van der Waals surface area contributed by atoms with Gasteiger partial charge in [-0.15, -0.1) is 11.3 Å². The maximum absolute atomic E-state index is 11.6. The number of nitrogens with zero attached hydrogens (tertiary/aromatic N) is 2. The summed E-state index contributed by atoms with van der Waals surface area (Å²) >= 11 is 7.89. The van der Waals surface area contributed by atoms with Crippen molar-refractivity contribution in [3.05, 3.63) is 75.4 Å². The molecule has 0 aliphatic carbocycles. The molecule has 0 amide bonds. The molecule has 7 heteroatoms. The van der Waals surface area contributed by atoms with Gasteiger partial charge in [-0.2, -0.15) is 0 Å². The van der Waals surface area contributed by atoms with E-state index >= 15 is 0 Å². The number of thiazole rings is 1. The van der Waals surface area contributed by atoms with Gasteiger partial charge in [0.1, 0.15) is 11.5 Å². The maximum Gasteiger partial charge on any atom is 0.186 e. The van der Waals surface area contributed by atoms with Crippen molar-refractivity contribution in [3.8, 4) is 5.75 Å². The van der Waals surface area contributed by atoms with Crippen LogP contribution in [0, 0.1) is 0 Å². The molecule has 0 radical (unpaired) electrons. The number of hydrogen-bond acceptors (Lipinski definition) is 5. The Morgan fingerprint density at radius 3 is 2.87 bits per heavy atom. The molecule has 3 heterocycles. The summed E-state index contributed by atoms with van der Waals surface area (Å²) < 4.78 is 5.36. The molecule has 5 rings (SSSR count). The van der Waals surface area contributed by atoms with Gasteiger partial charge in [0, 0.05) is 41.4 Å². The Kier molecular flexibility index (Phi) is 5.20. The Morgan fingerprint density at radius 1 is 1.32 bits per heavy atom. The third-order valence-corrected chi connectivity index (χ3v) is 6.90. The van der Waals surface area contributed by atoms with E-state index in [0.29, 0.717) is 6.42 Å². The molecule has 1 N–H and O–H groups in total. The van der Waals surface area contributed by atoms with Gasteiger partial charge in [0.2, 0.25) is 0 Å². The molecule has 4 aromatic rings. The van der Waals surface area contributed by atoms with Crippen molar-refractivity contribution in [2.24, 2.45) is 0 Å². The van der Waals surface area contributed by atoms with E-state index in [1.807, 2.05) is 35.7 Å². The van der Waals surface area contributed by atoms with Crippen LogP contribution in [0.3, 0.4) is 0 Å². The molecule has 0 fully saturated rings. The number of carbonyl (C=O) groups is 1. The third kappa shape index (κ3) is 3.70. The summed E-state index contributed by atoms with van der Waals surface area (Å²) in [7, 11) is 1.67. The molecule has 160 valence electrons. The van der Waals surface area contributed by atoms with Crippen LogP contribution in [-0.4, -0.2) is 29.4 Å². The van der Waals surface area contributed by atoms with E-state index in [1.165, 1.54) is 10.9 Å². The number of fused-ring (bicyclic) bond motifs is 3. The Labute approximate surface area is 191 Å². The zero-order valence-corrected chi connectivity index (χ0v) is 18.9. The lowest BCUT2D eigenvalue weighted by Gasteiger charge is -2.36. The van der Waals surface area contributed by atoms with E-state index in [4.69, 9.17) is 21.3 Å². The number of Topliss-reactive ketones (excluding diaryl/α,β-unsaturated/α-hetero) is 1. The minimum Gasteiger partial charge on any atom is -0.497 e. The largest absolute Gasteiger partial charge is 0.497 e. The van der Waals surface area contributed by atoms with Crippen molar-refractivity contribution >= 4 is 44.8 Å². The molecule has 0 bridgehead atoms. The molecule has 2 aromatic carbocycles. The number of halogens is 1. The van der Waals surface area contributed by atoms with Crippen LogP contribution < -0.4 is 9.64 Å². The maximum atomic E-state index is 11.6. The fraction of sp³-hybridized carbons (Fsp3) is 0.250. The predicted octanol–water partition coefficient (Wildman–Crippen LogP) is 5.82. The lowest BCUT2D eigenvalue weighted by molar-refractivity contribution is -0.116. The monoisotopic (exact) mass is 453 g/mol. The number of ketones is 1. The summed E-state index contributed by atoms with van der Waals surface area (Å²) in [6, 6.07) is 14.2. The number of H-pyrrole nitrogens is 1. The van der Waals surface area contributed by atoms with E-state index < -0.39 is 0 Å². The summed E-state index contributed by atoms with van der Waals surface area (Å²) in [4.78, 5) is 22.3. The van der Waals surface area contributed by atoms with Gasteiger partial charge in [0.15, 0.2) is 5.13 Å². The molecule has 0 saturated heterocycles. The summed E-state index contributed by atoms with van der Waals surface area (Å²) in [6.07, 6.45) is 1.26. The average Bonchev–Trinajstić information content (AvgIpc) is 3.37. The highest BCUT2D eigenvalue weighted by Gasteiger charge is 2.33. The first-order valence-corrected chi connectivity index (χ1v) is 11.4. The normalized spacial score (nSPS) is 15.8. The Hall–Kier alpha value is -2.83. The number of carbonyl (C=O) groups excluding carboxylic acids is 1. The number of aromatic amines is 1. The van der Waals surface area contributed by atoms with Gasteiger partial charge in [-0.05, 0) is 54.8 Å². The van der Waals surface area contributed by atoms with E-state index in [0.717, 1.165) is 51.3 Å². The zero-order valence-electron chi connectivity index (χ0n) is 17.3. The van der Waals surface area contributed by atoms with Gasteiger partial charge in [0.05, 0.1) is 18.8 Å². The summed E-state index contributed by atoms with van der Waals surface area (Å²) in [5.74, 6) is 0.949. The molecule has 0 spiro atoms. The fourth-order valence-electron chi connectivity index (χ4n) is 4.36. The Balaban J connectivity index is 0.00000245. The van der Waals surface area contributed by atoms with Crippen molar-refractivity contribution in [2.75, 3.05) is 18.6 Å². The Morgan fingerprint density at radius 2 is 2.13 bits per heavy atom. The summed E-state index contributed by atoms with van der Waals surface area (Å²) in [6.45, 7) is 2.43. The molecule has 1 aliphatic rings. The molecule has 1 aliphatic heterocycles. The van der Waals surface area contributed by atoms with E-state index in [2.05, 4.69) is 22.0 Å². The van der Waals surface area contributed by atoms with Gasteiger partial charge in [0.25, 0.3) is 0 Å². The number of methoxy groups -OCH3 is 1. The SMILES string of the molecule is COc1ccc(C2c3[nH]c4ccc(Cl)cc4c3CCN2c2nc(CC(C)=O)cs2)cc1.[HH]. The second-order valence-corrected chi connectivity index (χ2v) is 9.10. The molecule has 31 heavy (non-hydrogen) atoms.